The summed E-state index contributed by atoms with van der Waals surface area (Å²) in [7, 11) is 1.53. The van der Waals surface area contributed by atoms with Crippen molar-refractivity contribution in [1.29, 1.82) is 0 Å². The number of benzene rings is 3. The van der Waals surface area contributed by atoms with E-state index in [9.17, 15) is 14.4 Å². The van der Waals surface area contributed by atoms with Gasteiger partial charge in [0.05, 0.1) is 12.8 Å². The lowest BCUT2D eigenvalue weighted by Gasteiger charge is -2.10. The second-order valence-electron chi connectivity index (χ2n) is 6.25. The molecule has 152 valence electrons. The van der Waals surface area contributed by atoms with Crippen molar-refractivity contribution in [3.05, 3.63) is 83.9 Å². The third-order valence-electron chi connectivity index (χ3n) is 4.17. The summed E-state index contributed by atoms with van der Waals surface area (Å²) in [6.07, 6.45) is 0. The Hall–Kier alpha value is -4.33. The van der Waals surface area contributed by atoms with E-state index in [0.717, 1.165) is 0 Å². The van der Waals surface area contributed by atoms with Crippen LogP contribution in [0.1, 0.15) is 20.7 Å². The molecular formula is C22H20N4O4. The number of amides is 4. The van der Waals surface area contributed by atoms with E-state index in [-0.39, 0.29) is 11.8 Å². The summed E-state index contributed by atoms with van der Waals surface area (Å²) >= 11 is 0. The summed E-state index contributed by atoms with van der Waals surface area (Å²) in [4.78, 5) is 35.7. The lowest BCUT2D eigenvalue weighted by atomic mass is 10.1. The van der Waals surface area contributed by atoms with Crippen LogP contribution in [0.25, 0.3) is 0 Å². The smallest absolute Gasteiger partial charge is 0.316 e. The topological polar surface area (TPSA) is 123 Å². The highest BCUT2D eigenvalue weighted by atomic mass is 16.5. The molecule has 4 amide bonds. The maximum absolute atomic E-state index is 12.5. The molecule has 0 aliphatic carbocycles. The van der Waals surface area contributed by atoms with E-state index in [1.807, 2.05) is 6.07 Å². The Labute approximate surface area is 173 Å². The number of rotatable bonds is 6. The number of anilines is 3. The van der Waals surface area contributed by atoms with Gasteiger partial charge in [-0.1, -0.05) is 12.1 Å². The number of hydrogen-bond acceptors (Lipinski definition) is 4. The molecule has 3 rings (SSSR count). The van der Waals surface area contributed by atoms with Gasteiger partial charge in [0.15, 0.2) is 0 Å². The quantitative estimate of drug-likeness (QED) is 0.500. The first kappa shape index (κ1) is 20.4. The molecule has 0 spiro atoms. The van der Waals surface area contributed by atoms with Gasteiger partial charge in [0.1, 0.15) is 5.75 Å². The zero-order valence-corrected chi connectivity index (χ0v) is 16.1. The first-order chi connectivity index (χ1) is 14.5. The van der Waals surface area contributed by atoms with E-state index >= 15 is 0 Å². The van der Waals surface area contributed by atoms with Crippen molar-refractivity contribution >= 4 is 34.9 Å². The van der Waals surface area contributed by atoms with Crippen LogP contribution in [-0.4, -0.2) is 25.0 Å². The van der Waals surface area contributed by atoms with E-state index in [4.69, 9.17) is 10.5 Å². The van der Waals surface area contributed by atoms with Crippen LogP contribution in [0.5, 0.6) is 5.75 Å². The fraction of sp³-hybridized carbons (Fsp3) is 0.0455. The number of urea groups is 1. The Morgan fingerprint density at radius 2 is 1.20 bits per heavy atom. The first-order valence-electron chi connectivity index (χ1n) is 8.98. The van der Waals surface area contributed by atoms with Crippen LogP contribution in [-0.2, 0) is 0 Å². The normalized spacial score (nSPS) is 10.0. The molecule has 0 radical (unpaired) electrons. The van der Waals surface area contributed by atoms with Crippen molar-refractivity contribution in [3.63, 3.8) is 0 Å². The Morgan fingerprint density at radius 1 is 0.700 bits per heavy atom. The van der Waals surface area contributed by atoms with Gasteiger partial charge < -0.3 is 26.4 Å². The lowest BCUT2D eigenvalue weighted by molar-refractivity contribution is 0.101. The van der Waals surface area contributed by atoms with Crippen molar-refractivity contribution in [2.45, 2.75) is 0 Å². The van der Waals surface area contributed by atoms with E-state index < -0.39 is 6.03 Å². The Bertz CT molecular complexity index is 1060. The van der Waals surface area contributed by atoms with Gasteiger partial charge in [-0.25, -0.2) is 4.79 Å². The minimum atomic E-state index is -0.679. The fourth-order valence-corrected chi connectivity index (χ4v) is 2.70. The number of ether oxygens (including phenoxy) is 1. The van der Waals surface area contributed by atoms with Crippen molar-refractivity contribution in [1.82, 2.24) is 0 Å². The predicted octanol–water partition coefficient (Wildman–Crippen LogP) is 3.69. The third-order valence-corrected chi connectivity index (χ3v) is 4.17. The van der Waals surface area contributed by atoms with Gasteiger partial charge in [-0.2, -0.15) is 0 Å². The fourth-order valence-electron chi connectivity index (χ4n) is 2.70. The average Bonchev–Trinajstić information content (AvgIpc) is 2.74. The molecule has 0 aliphatic rings. The van der Waals surface area contributed by atoms with Crippen LogP contribution in [0.2, 0.25) is 0 Å². The Kier molecular flexibility index (Phi) is 6.29. The van der Waals surface area contributed by atoms with Crippen LogP contribution in [0, 0.1) is 0 Å². The summed E-state index contributed by atoms with van der Waals surface area (Å²) in [5, 5.41) is 7.97. The second-order valence-corrected chi connectivity index (χ2v) is 6.25. The maximum Gasteiger partial charge on any atom is 0.316 e. The van der Waals surface area contributed by atoms with Crippen molar-refractivity contribution in [2.75, 3.05) is 23.1 Å². The summed E-state index contributed by atoms with van der Waals surface area (Å²) in [5.41, 5.74) is 7.48. The minimum absolute atomic E-state index is 0.296. The molecule has 0 aliphatic heterocycles. The molecule has 30 heavy (non-hydrogen) atoms. The van der Waals surface area contributed by atoms with Crippen molar-refractivity contribution < 1.29 is 19.1 Å². The molecule has 0 atom stereocenters. The van der Waals surface area contributed by atoms with E-state index in [1.165, 1.54) is 7.11 Å². The highest BCUT2D eigenvalue weighted by Gasteiger charge is 2.11. The van der Waals surface area contributed by atoms with Gasteiger partial charge in [0.25, 0.3) is 11.8 Å². The maximum atomic E-state index is 12.5. The average molecular weight is 404 g/mol. The standard InChI is InChI=1S/C22H20N4O4/c1-30-19-5-3-2-4-18(19)26-21(28)15-6-10-16(11-7-15)24-20(27)14-8-12-17(13-9-14)25-22(23)29/h2-13H,1H3,(H,24,27)(H,26,28)(H3,23,25,29). The molecule has 0 heterocycles. The van der Waals surface area contributed by atoms with Gasteiger partial charge in [-0.3, -0.25) is 9.59 Å². The molecule has 3 aromatic rings. The summed E-state index contributed by atoms with van der Waals surface area (Å²) in [6, 6.07) is 19.2. The number of primary amides is 1. The molecule has 8 nitrogen and oxygen atoms in total. The molecule has 0 aromatic heterocycles. The summed E-state index contributed by atoms with van der Waals surface area (Å²) in [5.74, 6) is -0.0615. The molecule has 0 bridgehead atoms. The highest BCUT2D eigenvalue weighted by Crippen LogP contribution is 2.24. The van der Waals surface area contributed by atoms with E-state index in [2.05, 4.69) is 16.0 Å². The van der Waals surface area contributed by atoms with Crippen molar-refractivity contribution in [2.24, 2.45) is 5.73 Å². The zero-order chi connectivity index (χ0) is 21.5. The number of hydrogen-bond donors (Lipinski definition) is 4. The lowest BCUT2D eigenvalue weighted by Crippen LogP contribution is -2.19. The molecular weight excluding hydrogens is 384 g/mol. The van der Waals surface area contributed by atoms with Gasteiger partial charge in [0, 0.05) is 22.5 Å². The first-order valence-corrected chi connectivity index (χ1v) is 8.98. The highest BCUT2D eigenvalue weighted by molar-refractivity contribution is 6.07. The molecule has 0 saturated carbocycles. The zero-order valence-electron chi connectivity index (χ0n) is 16.1. The number of methoxy groups -OCH3 is 1. The Balaban J connectivity index is 1.63. The second kappa shape index (κ2) is 9.24. The van der Waals surface area contributed by atoms with Crippen LogP contribution in [0.4, 0.5) is 21.9 Å². The molecule has 8 heteroatoms. The molecule has 5 N–H and O–H groups in total. The van der Waals surface area contributed by atoms with Crippen LogP contribution < -0.4 is 26.4 Å². The predicted molar refractivity (Wildman–Crippen MR) is 115 cm³/mol. The molecule has 0 unspecified atom stereocenters. The van der Waals surface area contributed by atoms with Crippen LogP contribution in [0.3, 0.4) is 0 Å². The van der Waals surface area contributed by atoms with Gasteiger partial charge in [-0.05, 0) is 60.7 Å². The number of carbonyl (C=O) groups is 3. The molecule has 3 aromatic carbocycles. The minimum Gasteiger partial charge on any atom is -0.495 e. The van der Waals surface area contributed by atoms with Crippen LogP contribution >= 0.6 is 0 Å². The number of nitrogens with two attached hydrogens (primary N) is 1. The largest absolute Gasteiger partial charge is 0.495 e. The van der Waals surface area contributed by atoms with Crippen LogP contribution in [0.15, 0.2) is 72.8 Å². The Morgan fingerprint density at radius 3 is 1.73 bits per heavy atom. The molecule has 0 fully saturated rings. The van der Waals surface area contributed by atoms with Gasteiger partial charge in [0.2, 0.25) is 0 Å². The summed E-state index contributed by atoms with van der Waals surface area (Å²) in [6.45, 7) is 0. The van der Waals surface area contributed by atoms with Gasteiger partial charge >= 0.3 is 6.03 Å². The number of carbonyl (C=O) groups excluding carboxylic acids is 3. The summed E-state index contributed by atoms with van der Waals surface area (Å²) < 4.78 is 5.22. The monoisotopic (exact) mass is 404 g/mol. The van der Waals surface area contributed by atoms with Gasteiger partial charge in [-0.15, -0.1) is 0 Å². The van der Waals surface area contributed by atoms with E-state index in [0.29, 0.717) is 33.9 Å². The third kappa shape index (κ3) is 5.14. The SMILES string of the molecule is COc1ccccc1NC(=O)c1ccc(NC(=O)c2ccc(NC(N)=O)cc2)cc1. The van der Waals surface area contributed by atoms with Crippen molar-refractivity contribution in [3.8, 4) is 5.75 Å². The number of para-hydroxylation sites is 2. The molecule has 0 saturated heterocycles. The van der Waals surface area contributed by atoms with E-state index in [1.54, 1.807) is 66.7 Å². The number of nitrogens with one attached hydrogen (secondary N) is 3.